The molecule has 0 aliphatic rings. The molecule has 1 rings (SSSR count). The lowest BCUT2D eigenvalue weighted by Gasteiger charge is -2.07. The van der Waals surface area contributed by atoms with Crippen molar-refractivity contribution < 1.29 is 9.90 Å². The van der Waals surface area contributed by atoms with Gasteiger partial charge in [0.15, 0.2) is 5.75 Å². The molecule has 3 N–H and O–H groups in total. The molecule has 1 aromatic carbocycles. The zero-order chi connectivity index (χ0) is 10.6. The summed E-state index contributed by atoms with van der Waals surface area (Å²) in [6.07, 6.45) is 0. The highest BCUT2D eigenvalue weighted by Gasteiger charge is 2.07. The number of likely N-dealkylation sites (N-methyl/N-ethyl adjacent to an activating group) is 1. The first kappa shape index (κ1) is 11.0. The second kappa shape index (κ2) is 4.97. The van der Waals surface area contributed by atoms with Crippen molar-refractivity contribution in [1.29, 1.82) is 0 Å². The molecule has 0 aliphatic carbocycles. The van der Waals surface area contributed by atoms with Gasteiger partial charge in [0.1, 0.15) is 0 Å². The Balaban J connectivity index is 2.76. The molecule has 5 heteroatoms. The Labute approximate surface area is 90.4 Å². The number of hydrogen-bond donors (Lipinski definition) is 3. The predicted molar refractivity (Wildman–Crippen MR) is 58.4 cm³/mol. The van der Waals surface area contributed by atoms with Gasteiger partial charge in [-0.2, -0.15) is 0 Å². The quantitative estimate of drug-likeness (QED) is 0.717. The van der Waals surface area contributed by atoms with Crippen molar-refractivity contribution in [2.24, 2.45) is 0 Å². The maximum Gasteiger partial charge on any atom is 0.238 e. The lowest BCUT2D eigenvalue weighted by Crippen LogP contribution is -2.25. The number of hydrogen-bond acceptors (Lipinski definition) is 3. The van der Waals surface area contributed by atoms with Crippen LogP contribution in [-0.4, -0.2) is 24.6 Å². The van der Waals surface area contributed by atoms with E-state index >= 15 is 0 Å². The Kier molecular flexibility index (Phi) is 3.91. The highest BCUT2D eigenvalue weighted by atomic mass is 79.9. The maximum absolute atomic E-state index is 11.2. The van der Waals surface area contributed by atoms with E-state index in [1.54, 1.807) is 25.2 Å². The molecule has 76 valence electrons. The summed E-state index contributed by atoms with van der Waals surface area (Å²) in [4.78, 5) is 11.2. The molecule has 14 heavy (non-hydrogen) atoms. The Morgan fingerprint density at radius 2 is 2.29 bits per heavy atom. The van der Waals surface area contributed by atoms with Gasteiger partial charge in [0.25, 0.3) is 0 Å². The first-order valence-electron chi connectivity index (χ1n) is 4.07. The van der Waals surface area contributed by atoms with Crippen LogP contribution < -0.4 is 10.6 Å². The first-order chi connectivity index (χ1) is 6.65. The van der Waals surface area contributed by atoms with Gasteiger partial charge in [-0.3, -0.25) is 4.79 Å². The van der Waals surface area contributed by atoms with Crippen LogP contribution >= 0.6 is 15.9 Å². The third-order valence-electron chi connectivity index (χ3n) is 1.60. The van der Waals surface area contributed by atoms with Crippen LogP contribution in [0.5, 0.6) is 5.75 Å². The number of carbonyl (C=O) groups is 1. The number of rotatable bonds is 3. The van der Waals surface area contributed by atoms with Gasteiger partial charge < -0.3 is 15.7 Å². The highest BCUT2D eigenvalue weighted by Crippen LogP contribution is 2.31. The molecule has 0 saturated carbocycles. The minimum absolute atomic E-state index is 0.0388. The lowest BCUT2D eigenvalue weighted by molar-refractivity contribution is -0.115. The van der Waals surface area contributed by atoms with Crippen molar-refractivity contribution in [3.8, 4) is 5.75 Å². The number of phenolic OH excluding ortho intramolecular Hbond substituents is 1. The van der Waals surface area contributed by atoms with E-state index in [2.05, 4.69) is 26.6 Å². The third-order valence-corrected chi connectivity index (χ3v) is 2.24. The summed E-state index contributed by atoms with van der Waals surface area (Å²) in [5, 5.41) is 14.8. The minimum Gasteiger partial charge on any atom is -0.505 e. The van der Waals surface area contributed by atoms with Crippen LogP contribution in [0, 0.1) is 0 Å². The standard InChI is InChI=1S/C9H11BrN2O2/c1-11-5-8(13)12-7-4-2-3-6(10)9(7)14/h2-4,11,14H,5H2,1H3,(H,12,13). The van der Waals surface area contributed by atoms with E-state index in [0.717, 1.165) is 0 Å². The average Bonchev–Trinajstić information content (AvgIpc) is 2.13. The summed E-state index contributed by atoms with van der Waals surface area (Å²) >= 11 is 3.16. The van der Waals surface area contributed by atoms with Crippen LogP contribution in [0.2, 0.25) is 0 Å². The summed E-state index contributed by atoms with van der Waals surface area (Å²) < 4.78 is 0.555. The normalized spacial score (nSPS) is 9.86. The van der Waals surface area contributed by atoms with Gasteiger partial charge in [-0.05, 0) is 35.1 Å². The molecule has 0 saturated heterocycles. The molecule has 0 heterocycles. The number of halogens is 1. The van der Waals surface area contributed by atoms with Gasteiger partial charge in [-0.15, -0.1) is 0 Å². The molecule has 0 aromatic heterocycles. The first-order valence-corrected chi connectivity index (χ1v) is 4.86. The van der Waals surface area contributed by atoms with E-state index in [1.807, 2.05) is 0 Å². The Hall–Kier alpha value is -1.07. The second-order valence-corrected chi connectivity index (χ2v) is 3.57. The molecule has 1 amide bonds. The molecule has 4 nitrogen and oxygen atoms in total. The van der Waals surface area contributed by atoms with Gasteiger partial charge in [-0.25, -0.2) is 0 Å². The summed E-state index contributed by atoms with van der Waals surface area (Å²) in [5.41, 5.74) is 0.402. The molecule has 0 spiro atoms. The molecule has 0 atom stereocenters. The summed E-state index contributed by atoms with van der Waals surface area (Å²) in [5.74, 6) is -0.155. The van der Waals surface area contributed by atoms with Crippen LogP contribution in [0.25, 0.3) is 0 Å². The number of carbonyl (C=O) groups excluding carboxylic acids is 1. The van der Waals surface area contributed by atoms with Gasteiger partial charge in [0.05, 0.1) is 16.7 Å². The topological polar surface area (TPSA) is 61.4 Å². The van der Waals surface area contributed by atoms with E-state index in [4.69, 9.17) is 0 Å². The molecule has 0 bridgehead atoms. The largest absolute Gasteiger partial charge is 0.505 e. The van der Waals surface area contributed by atoms with Crippen LogP contribution in [-0.2, 0) is 4.79 Å². The molecule has 0 unspecified atom stereocenters. The van der Waals surface area contributed by atoms with Crippen LogP contribution in [0.3, 0.4) is 0 Å². The van der Waals surface area contributed by atoms with E-state index in [1.165, 1.54) is 0 Å². The molecule has 0 radical (unpaired) electrons. The van der Waals surface area contributed by atoms with Crippen molar-refractivity contribution >= 4 is 27.5 Å². The third kappa shape index (κ3) is 2.71. The Bertz CT molecular complexity index is 342. The molecule has 0 aliphatic heterocycles. The van der Waals surface area contributed by atoms with Gasteiger partial charge in [0, 0.05) is 0 Å². The van der Waals surface area contributed by atoms with Crippen LogP contribution in [0.4, 0.5) is 5.69 Å². The van der Waals surface area contributed by atoms with Gasteiger partial charge >= 0.3 is 0 Å². The fourth-order valence-corrected chi connectivity index (χ4v) is 1.34. The van der Waals surface area contributed by atoms with Gasteiger partial charge in [-0.1, -0.05) is 6.07 Å². The molecular formula is C9H11BrN2O2. The van der Waals surface area contributed by atoms with Crippen LogP contribution in [0.1, 0.15) is 0 Å². The molecule has 0 fully saturated rings. The number of phenols is 1. The summed E-state index contributed by atoms with van der Waals surface area (Å²) in [7, 11) is 1.68. The summed E-state index contributed by atoms with van der Waals surface area (Å²) in [6, 6.07) is 5.06. The van der Waals surface area contributed by atoms with E-state index in [-0.39, 0.29) is 18.2 Å². The monoisotopic (exact) mass is 258 g/mol. The molecular weight excluding hydrogens is 248 g/mol. The Morgan fingerprint density at radius 1 is 1.57 bits per heavy atom. The van der Waals surface area contributed by atoms with E-state index in [9.17, 15) is 9.90 Å². The van der Waals surface area contributed by atoms with E-state index in [0.29, 0.717) is 10.2 Å². The fourth-order valence-electron chi connectivity index (χ4n) is 0.971. The summed E-state index contributed by atoms with van der Waals surface area (Å²) in [6.45, 7) is 0.214. The number of nitrogens with one attached hydrogen (secondary N) is 2. The maximum atomic E-state index is 11.2. The smallest absolute Gasteiger partial charge is 0.238 e. The zero-order valence-corrected chi connectivity index (χ0v) is 9.26. The molecule has 1 aromatic rings. The number of aromatic hydroxyl groups is 1. The average molecular weight is 259 g/mol. The lowest BCUT2D eigenvalue weighted by atomic mass is 10.3. The SMILES string of the molecule is CNCC(=O)Nc1cccc(Br)c1O. The number of anilines is 1. The minimum atomic E-state index is -0.194. The number of para-hydroxylation sites is 1. The van der Waals surface area contributed by atoms with Crippen molar-refractivity contribution in [3.05, 3.63) is 22.7 Å². The zero-order valence-electron chi connectivity index (χ0n) is 7.67. The van der Waals surface area contributed by atoms with E-state index < -0.39 is 0 Å². The Morgan fingerprint density at radius 3 is 2.93 bits per heavy atom. The van der Waals surface area contributed by atoms with Crippen LogP contribution in [0.15, 0.2) is 22.7 Å². The van der Waals surface area contributed by atoms with Crippen molar-refractivity contribution in [1.82, 2.24) is 5.32 Å². The number of amides is 1. The fraction of sp³-hybridized carbons (Fsp3) is 0.222. The van der Waals surface area contributed by atoms with Crippen molar-refractivity contribution in [2.45, 2.75) is 0 Å². The van der Waals surface area contributed by atoms with Crippen molar-refractivity contribution in [2.75, 3.05) is 18.9 Å². The predicted octanol–water partition coefficient (Wildman–Crippen LogP) is 1.31. The second-order valence-electron chi connectivity index (χ2n) is 2.71. The van der Waals surface area contributed by atoms with Gasteiger partial charge in [0.2, 0.25) is 5.91 Å². The highest BCUT2D eigenvalue weighted by molar-refractivity contribution is 9.10. The number of benzene rings is 1. The van der Waals surface area contributed by atoms with Crippen molar-refractivity contribution in [3.63, 3.8) is 0 Å².